The number of para-hydroxylation sites is 1. The summed E-state index contributed by atoms with van der Waals surface area (Å²) in [6, 6.07) is 26.5. The molecule has 166 valence electrons. The Morgan fingerprint density at radius 1 is 0.606 bits per heavy atom. The third-order valence-corrected chi connectivity index (χ3v) is 5.51. The second kappa shape index (κ2) is 10.1. The molecule has 0 heterocycles. The molecule has 0 amide bonds. The van der Waals surface area contributed by atoms with Gasteiger partial charge in [0.15, 0.2) is 0 Å². The molecule has 0 atom stereocenters. The maximum Gasteiger partial charge on any atom is 0.0638 e. The average molecular weight is 435 g/mol. The lowest BCUT2D eigenvalue weighted by Crippen LogP contribution is -2.17. The maximum atomic E-state index is 4.78. The van der Waals surface area contributed by atoms with Gasteiger partial charge in [0.05, 0.1) is 22.6 Å². The Hall–Kier alpha value is -3.92. The molecule has 3 aromatic rings. The summed E-state index contributed by atoms with van der Waals surface area (Å²) in [5, 5.41) is 6.84. The molecule has 2 N–H and O–H groups in total. The molecule has 0 aliphatic heterocycles. The number of allylic oxidation sites excluding steroid dienone is 4. The lowest BCUT2D eigenvalue weighted by Gasteiger charge is -2.18. The third kappa shape index (κ3) is 6.53. The maximum absolute atomic E-state index is 4.78. The first-order valence-corrected chi connectivity index (χ1v) is 11.3. The van der Waals surface area contributed by atoms with Gasteiger partial charge < -0.3 is 10.6 Å². The molecule has 0 unspecified atom stereocenters. The van der Waals surface area contributed by atoms with E-state index >= 15 is 0 Å². The van der Waals surface area contributed by atoms with Gasteiger partial charge in [0.1, 0.15) is 0 Å². The zero-order chi connectivity index (χ0) is 23.1. The van der Waals surface area contributed by atoms with Crippen LogP contribution >= 0.6 is 0 Å². The molecule has 4 nitrogen and oxygen atoms in total. The van der Waals surface area contributed by atoms with Gasteiger partial charge in [-0.3, -0.25) is 4.99 Å². The number of hydrogen-bond acceptors (Lipinski definition) is 4. The van der Waals surface area contributed by atoms with Crippen LogP contribution in [0, 0.1) is 0 Å². The van der Waals surface area contributed by atoms with Crippen molar-refractivity contribution in [2.45, 2.75) is 32.7 Å². The first kappa shape index (κ1) is 22.3. The second-order valence-electron chi connectivity index (χ2n) is 8.65. The largest absolute Gasteiger partial charge is 0.356 e. The molecular weight excluding hydrogens is 404 g/mol. The lowest BCUT2D eigenvalue weighted by molar-refractivity contribution is 0.506. The molecular formula is C29H30N4. The molecule has 0 saturated carbocycles. The molecule has 4 heteroatoms. The fraction of sp³-hybridized carbons (Fsp3) is 0.172. The number of anilines is 4. The molecule has 3 aromatic carbocycles. The molecule has 0 radical (unpaired) electrons. The molecule has 33 heavy (non-hydrogen) atoms. The average Bonchev–Trinajstić information content (AvgIpc) is 2.83. The Labute approximate surface area is 196 Å². The highest BCUT2D eigenvalue weighted by atomic mass is 14.9. The van der Waals surface area contributed by atoms with Crippen molar-refractivity contribution in [3.8, 4) is 0 Å². The minimum absolute atomic E-state index is 0.0415. The Bertz CT molecular complexity index is 1160. The molecule has 0 aromatic heterocycles. The van der Waals surface area contributed by atoms with Crippen molar-refractivity contribution < 1.29 is 0 Å². The predicted octanol–water partition coefficient (Wildman–Crippen LogP) is 8.00. The van der Waals surface area contributed by atoms with Gasteiger partial charge in [0.2, 0.25) is 0 Å². The van der Waals surface area contributed by atoms with E-state index in [9.17, 15) is 0 Å². The minimum Gasteiger partial charge on any atom is -0.356 e. The fourth-order valence-electron chi connectivity index (χ4n) is 3.29. The molecule has 1 aliphatic carbocycles. The normalized spacial score (nSPS) is 13.1. The van der Waals surface area contributed by atoms with Gasteiger partial charge in [-0.1, -0.05) is 25.1 Å². The summed E-state index contributed by atoms with van der Waals surface area (Å²) in [5.41, 5.74) is 6.98. The summed E-state index contributed by atoms with van der Waals surface area (Å²) in [4.78, 5) is 9.50. The van der Waals surface area contributed by atoms with Crippen molar-refractivity contribution >= 4 is 39.9 Å². The zero-order valence-corrected chi connectivity index (χ0v) is 19.4. The van der Waals surface area contributed by atoms with Crippen molar-refractivity contribution in [3.63, 3.8) is 0 Å². The van der Waals surface area contributed by atoms with Crippen LogP contribution in [0.1, 0.15) is 27.2 Å². The van der Waals surface area contributed by atoms with E-state index in [4.69, 9.17) is 9.98 Å². The standard InChI is InChI=1S/C29H30N4/c1-4-29(2,3)33-28-20-18-27(19-21-28)32-26-16-14-25(15-17-26)31-24-12-10-23(11-13-24)30-22-8-6-5-7-9-22/h5-21,30-31H,4H2,1-3H3. The molecule has 0 saturated heterocycles. The first-order chi connectivity index (χ1) is 16.0. The van der Waals surface area contributed by atoms with Crippen LogP contribution in [0.2, 0.25) is 0 Å². The summed E-state index contributed by atoms with van der Waals surface area (Å²) in [6.07, 6.45) is 9.10. The number of rotatable bonds is 7. The van der Waals surface area contributed by atoms with Gasteiger partial charge in [-0.2, -0.15) is 0 Å². The summed E-state index contributed by atoms with van der Waals surface area (Å²) >= 11 is 0. The van der Waals surface area contributed by atoms with Crippen molar-refractivity contribution in [2.24, 2.45) is 9.98 Å². The monoisotopic (exact) mass is 434 g/mol. The van der Waals surface area contributed by atoms with Gasteiger partial charge >= 0.3 is 0 Å². The fourth-order valence-corrected chi connectivity index (χ4v) is 3.29. The van der Waals surface area contributed by atoms with Gasteiger partial charge in [-0.25, -0.2) is 4.99 Å². The van der Waals surface area contributed by atoms with E-state index in [1.807, 2.05) is 66.8 Å². The molecule has 0 bridgehead atoms. The SMILES string of the molecule is CCC(C)(C)N=C1C=CC(=Nc2ccc(Nc3ccc(Nc4ccccc4)cc3)cc2)C=C1. The predicted molar refractivity (Wildman–Crippen MR) is 143 cm³/mol. The van der Waals surface area contributed by atoms with Crippen LogP contribution in [-0.2, 0) is 0 Å². The molecule has 4 rings (SSSR count). The third-order valence-electron chi connectivity index (χ3n) is 5.51. The Morgan fingerprint density at radius 2 is 1.06 bits per heavy atom. The van der Waals surface area contributed by atoms with E-state index < -0.39 is 0 Å². The van der Waals surface area contributed by atoms with Crippen LogP contribution in [-0.4, -0.2) is 17.0 Å². The Kier molecular flexibility index (Phi) is 6.84. The summed E-state index contributed by atoms with van der Waals surface area (Å²) in [5.74, 6) is 0. The van der Waals surface area contributed by atoms with E-state index in [0.717, 1.165) is 46.3 Å². The van der Waals surface area contributed by atoms with Crippen molar-refractivity contribution in [3.05, 3.63) is 103 Å². The van der Waals surface area contributed by atoms with Crippen LogP contribution in [0.3, 0.4) is 0 Å². The second-order valence-corrected chi connectivity index (χ2v) is 8.65. The zero-order valence-electron chi connectivity index (χ0n) is 19.4. The van der Waals surface area contributed by atoms with E-state index in [0.29, 0.717) is 0 Å². The van der Waals surface area contributed by atoms with Crippen LogP contribution in [0.25, 0.3) is 0 Å². The Morgan fingerprint density at radius 3 is 1.58 bits per heavy atom. The highest BCUT2D eigenvalue weighted by Crippen LogP contribution is 2.24. The summed E-state index contributed by atoms with van der Waals surface area (Å²) in [7, 11) is 0. The van der Waals surface area contributed by atoms with Gasteiger partial charge in [-0.15, -0.1) is 0 Å². The number of aliphatic imine (C=N–C) groups is 2. The van der Waals surface area contributed by atoms with Crippen LogP contribution in [0.15, 0.2) is 113 Å². The van der Waals surface area contributed by atoms with Crippen LogP contribution in [0.4, 0.5) is 28.4 Å². The number of hydrogen-bond donors (Lipinski definition) is 2. The van der Waals surface area contributed by atoms with E-state index in [1.54, 1.807) is 0 Å². The highest BCUT2D eigenvalue weighted by molar-refractivity contribution is 6.19. The quantitative estimate of drug-likeness (QED) is 0.370. The first-order valence-electron chi connectivity index (χ1n) is 11.3. The number of benzene rings is 3. The Balaban J connectivity index is 1.36. The summed E-state index contributed by atoms with van der Waals surface area (Å²) in [6.45, 7) is 6.46. The van der Waals surface area contributed by atoms with Crippen LogP contribution < -0.4 is 10.6 Å². The molecule has 0 fully saturated rings. The van der Waals surface area contributed by atoms with Gasteiger partial charge in [0, 0.05) is 22.7 Å². The van der Waals surface area contributed by atoms with E-state index in [2.05, 4.69) is 67.8 Å². The lowest BCUT2D eigenvalue weighted by atomic mass is 10.0. The molecule has 0 spiro atoms. The van der Waals surface area contributed by atoms with Gasteiger partial charge in [-0.05, 0) is 105 Å². The summed E-state index contributed by atoms with van der Waals surface area (Å²) < 4.78 is 0. The van der Waals surface area contributed by atoms with E-state index in [1.165, 1.54) is 0 Å². The van der Waals surface area contributed by atoms with Crippen molar-refractivity contribution in [2.75, 3.05) is 10.6 Å². The van der Waals surface area contributed by atoms with Crippen molar-refractivity contribution in [1.29, 1.82) is 0 Å². The van der Waals surface area contributed by atoms with Crippen molar-refractivity contribution in [1.82, 2.24) is 0 Å². The topological polar surface area (TPSA) is 48.8 Å². The number of nitrogens with one attached hydrogen (secondary N) is 2. The number of nitrogens with zero attached hydrogens (tertiary/aromatic N) is 2. The van der Waals surface area contributed by atoms with Gasteiger partial charge in [0.25, 0.3) is 0 Å². The minimum atomic E-state index is -0.0415. The van der Waals surface area contributed by atoms with E-state index in [-0.39, 0.29) is 5.54 Å². The van der Waals surface area contributed by atoms with Crippen LogP contribution in [0.5, 0.6) is 0 Å². The molecule has 1 aliphatic rings. The smallest absolute Gasteiger partial charge is 0.0638 e. The highest BCUT2D eigenvalue weighted by Gasteiger charge is 2.13.